The number of piperidine rings is 1. The van der Waals surface area contributed by atoms with Crippen LogP contribution in [0.15, 0.2) is 47.5 Å². The predicted octanol–water partition coefficient (Wildman–Crippen LogP) is 2.91. The minimum absolute atomic E-state index is 0.126. The molecule has 26 heavy (non-hydrogen) atoms. The number of carbonyl (C=O) groups is 1. The van der Waals surface area contributed by atoms with Gasteiger partial charge in [0, 0.05) is 12.8 Å². The number of rotatable bonds is 5. The zero-order chi connectivity index (χ0) is 18.5. The number of hydrogen-bond donors (Lipinski definition) is 2. The molecule has 0 aliphatic carbocycles. The molecule has 7 heteroatoms. The second kappa shape index (κ2) is 7.88. The van der Waals surface area contributed by atoms with E-state index >= 15 is 0 Å². The van der Waals surface area contributed by atoms with Gasteiger partial charge in [0.1, 0.15) is 5.56 Å². The first-order valence-corrected chi connectivity index (χ1v) is 8.48. The number of nitrogens with one attached hydrogen (secondary N) is 1. The molecule has 3 N–H and O–H groups in total. The van der Waals surface area contributed by atoms with E-state index in [1.165, 1.54) is 36.8 Å². The molecule has 0 bridgehead atoms. The summed E-state index contributed by atoms with van der Waals surface area (Å²) in [7, 11) is 0. The molecule has 3 rings (SSSR count). The maximum absolute atomic E-state index is 11.4. The zero-order valence-corrected chi connectivity index (χ0v) is 14.2. The summed E-state index contributed by atoms with van der Waals surface area (Å²) in [5, 5.41) is 14.7. The topological polar surface area (TPSA) is 111 Å². The molecular formula is C19H20N4O3. The quantitative estimate of drug-likeness (QED) is 0.489. The Hall–Kier alpha value is -3.06. The monoisotopic (exact) mass is 352 g/mol. The van der Waals surface area contributed by atoms with Crippen molar-refractivity contribution in [2.75, 3.05) is 13.1 Å². The second-order valence-electron chi connectivity index (χ2n) is 6.26. The molecule has 1 heterocycles. The summed E-state index contributed by atoms with van der Waals surface area (Å²) in [4.78, 5) is 26.4. The summed E-state index contributed by atoms with van der Waals surface area (Å²) in [6, 6.07) is 12.3. The molecule has 1 aliphatic rings. The molecule has 2 aromatic rings. The van der Waals surface area contributed by atoms with Crippen LogP contribution in [-0.4, -0.2) is 30.1 Å². The maximum Gasteiger partial charge on any atom is 0.290 e. The molecule has 0 unspecified atom stereocenters. The third-order valence-corrected chi connectivity index (χ3v) is 4.53. The van der Waals surface area contributed by atoms with Crippen LogP contribution >= 0.6 is 0 Å². The Kier molecular flexibility index (Phi) is 5.38. The number of nitrogens with zero attached hydrogens (tertiary/aromatic N) is 2. The first-order chi connectivity index (χ1) is 12.6. The Balaban J connectivity index is 1.82. The molecule has 0 saturated carbocycles. The fraction of sp³-hybridized carbons (Fsp3) is 0.263. The SMILES string of the molecule is NC(=O)c1cccc(/C=N/c2ccc([C@@H]3CCCNC3)cc2)c1[N+](=O)[O-]. The minimum atomic E-state index is -0.836. The van der Waals surface area contributed by atoms with Gasteiger partial charge in [-0.1, -0.05) is 18.2 Å². The lowest BCUT2D eigenvalue weighted by atomic mass is 9.92. The summed E-state index contributed by atoms with van der Waals surface area (Å²) in [6.07, 6.45) is 3.73. The highest BCUT2D eigenvalue weighted by molar-refractivity contribution is 6.01. The second-order valence-corrected chi connectivity index (χ2v) is 6.26. The highest BCUT2D eigenvalue weighted by atomic mass is 16.6. The molecule has 1 atom stereocenters. The van der Waals surface area contributed by atoms with Gasteiger partial charge < -0.3 is 11.1 Å². The first-order valence-electron chi connectivity index (χ1n) is 8.48. The van der Waals surface area contributed by atoms with Crippen molar-refractivity contribution in [1.82, 2.24) is 5.32 Å². The van der Waals surface area contributed by atoms with E-state index in [4.69, 9.17) is 5.73 Å². The lowest BCUT2D eigenvalue weighted by Gasteiger charge is -2.23. The zero-order valence-electron chi connectivity index (χ0n) is 14.2. The van der Waals surface area contributed by atoms with E-state index in [-0.39, 0.29) is 16.8 Å². The van der Waals surface area contributed by atoms with E-state index in [0.29, 0.717) is 11.6 Å². The number of carbonyl (C=O) groups excluding carboxylic acids is 1. The fourth-order valence-electron chi connectivity index (χ4n) is 3.18. The van der Waals surface area contributed by atoms with Crippen LogP contribution in [0.1, 0.15) is 40.2 Å². The van der Waals surface area contributed by atoms with Crippen molar-refractivity contribution >= 4 is 23.5 Å². The van der Waals surface area contributed by atoms with E-state index in [1.54, 1.807) is 6.07 Å². The summed E-state index contributed by atoms with van der Waals surface area (Å²) < 4.78 is 0. The minimum Gasteiger partial charge on any atom is -0.365 e. The van der Waals surface area contributed by atoms with Gasteiger partial charge in [-0.25, -0.2) is 0 Å². The summed E-state index contributed by atoms with van der Waals surface area (Å²) >= 11 is 0. The van der Waals surface area contributed by atoms with Crippen LogP contribution in [0.4, 0.5) is 11.4 Å². The number of aliphatic imine (C=N–C) groups is 1. The molecule has 134 valence electrons. The Morgan fingerprint density at radius 1 is 1.27 bits per heavy atom. The molecule has 2 aromatic carbocycles. The van der Waals surface area contributed by atoms with E-state index in [2.05, 4.69) is 10.3 Å². The number of nitrogens with two attached hydrogens (primary N) is 1. The third kappa shape index (κ3) is 3.94. The van der Waals surface area contributed by atoms with Crippen molar-refractivity contribution in [3.8, 4) is 0 Å². The smallest absolute Gasteiger partial charge is 0.290 e. The van der Waals surface area contributed by atoms with Gasteiger partial charge in [-0.2, -0.15) is 0 Å². The normalized spacial score (nSPS) is 17.3. The highest BCUT2D eigenvalue weighted by Gasteiger charge is 2.21. The molecule has 1 saturated heterocycles. The van der Waals surface area contributed by atoms with Crippen molar-refractivity contribution in [2.45, 2.75) is 18.8 Å². The average molecular weight is 352 g/mol. The Labute approximate surface area is 151 Å². The Morgan fingerprint density at radius 3 is 2.65 bits per heavy atom. The van der Waals surface area contributed by atoms with Crippen molar-refractivity contribution in [3.63, 3.8) is 0 Å². The van der Waals surface area contributed by atoms with Crippen molar-refractivity contribution in [1.29, 1.82) is 0 Å². The largest absolute Gasteiger partial charge is 0.365 e. The molecule has 0 spiro atoms. The highest BCUT2D eigenvalue weighted by Crippen LogP contribution is 2.26. The van der Waals surface area contributed by atoms with E-state index in [1.807, 2.05) is 24.3 Å². The summed E-state index contributed by atoms with van der Waals surface area (Å²) in [6.45, 7) is 2.05. The number of benzene rings is 2. The van der Waals surface area contributed by atoms with E-state index < -0.39 is 10.8 Å². The van der Waals surface area contributed by atoms with Crippen LogP contribution in [0.25, 0.3) is 0 Å². The standard InChI is InChI=1S/C19H20N4O3/c20-19(24)17-5-1-3-15(18(17)23(25)26)12-22-16-8-6-13(7-9-16)14-4-2-10-21-11-14/h1,3,5-9,12,14,21H,2,4,10-11H2,(H2,20,24)/b22-12+/t14-/m1/s1. The van der Waals surface area contributed by atoms with Gasteiger partial charge in [-0.05, 0) is 55.1 Å². The fourth-order valence-corrected chi connectivity index (χ4v) is 3.18. The van der Waals surface area contributed by atoms with Crippen LogP contribution in [0.5, 0.6) is 0 Å². The molecule has 1 amide bonds. The number of hydrogen-bond acceptors (Lipinski definition) is 5. The van der Waals surface area contributed by atoms with Gasteiger partial charge in [0.2, 0.25) is 0 Å². The Morgan fingerprint density at radius 2 is 2.04 bits per heavy atom. The van der Waals surface area contributed by atoms with E-state index in [0.717, 1.165) is 13.1 Å². The molecular weight excluding hydrogens is 332 g/mol. The molecule has 7 nitrogen and oxygen atoms in total. The van der Waals surface area contributed by atoms with Crippen LogP contribution in [-0.2, 0) is 0 Å². The van der Waals surface area contributed by atoms with Crippen molar-refractivity contribution in [2.24, 2.45) is 10.7 Å². The lowest BCUT2D eigenvalue weighted by molar-refractivity contribution is -0.385. The summed E-state index contributed by atoms with van der Waals surface area (Å²) in [5.74, 6) is -0.326. The first kappa shape index (κ1) is 17.8. The van der Waals surface area contributed by atoms with Crippen LogP contribution < -0.4 is 11.1 Å². The molecule has 0 radical (unpaired) electrons. The molecule has 0 aromatic heterocycles. The van der Waals surface area contributed by atoms with Crippen LogP contribution in [0.3, 0.4) is 0 Å². The third-order valence-electron chi connectivity index (χ3n) is 4.53. The summed E-state index contributed by atoms with van der Waals surface area (Å²) in [5.41, 5.74) is 6.97. The van der Waals surface area contributed by atoms with Gasteiger partial charge in [0.15, 0.2) is 0 Å². The van der Waals surface area contributed by atoms with Gasteiger partial charge in [-0.3, -0.25) is 19.9 Å². The van der Waals surface area contributed by atoms with Gasteiger partial charge in [0.25, 0.3) is 11.6 Å². The maximum atomic E-state index is 11.4. The number of nitro benzene ring substituents is 1. The number of para-hydroxylation sites is 1. The van der Waals surface area contributed by atoms with Crippen LogP contribution in [0, 0.1) is 10.1 Å². The number of primary amides is 1. The van der Waals surface area contributed by atoms with Crippen molar-refractivity contribution < 1.29 is 9.72 Å². The van der Waals surface area contributed by atoms with Gasteiger partial charge in [-0.15, -0.1) is 0 Å². The number of nitro groups is 1. The molecule has 1 fully saturated rings. The number of amides is 1. The molecule has 1 aliphatic heterocycles. The average Bonchev–Trinajstić information content (AvgIpc) is 2.67. The predicted molar refractivity (Wildman–Crippen MR) is 100 cm³/mol. The lowest BCUT2D eigenvalue weighted by Crippen LogP contribution is -2.28. The van der Waals surface area contributed by atoms with Crippen molar-refractivity contribution in [3.05, 3.63) is 69.3 Å². The van der Waals surface area contributed by atoms with Gasteiger partial charge in [0.05, 0.1) is 16.2 Å². The van der Waals surface area contributed by atoms with E-state index in [9.17, 15) is 14.9 Å². The van der Waals surface area contributed by atoms with Gasteiger partial charge >= 0.3 is 0 Å². The Bertz CT molecular complexity index is 840. The van der Waals surface area contributed by atoms with Crippen LogP contribution in [0.2, 0.25) is 0 Å².